The van der Waals surface area contributed by atoms with Crippen LogP contribution in [-0.2, 0) is 4.79 Å². The third kappa shape index (κ3) is 2.39. The molecule has 0 unspecified atom stereocenters. The summed E-state index contributed by atoms with van der Waals surface area (Å²) in [6.45, 7) is 4.97. The van der Waals surface area contributed by atoms with E-state index in [0.29, 0.717) is 6.42 Å². The van der Waals surface area contributed by atoms with Crippen LogP contribution < -0.4 is 0 Å². The molecule has 4 aliphatic rings. The van der Waals surface area contributed by atoms with Crippen LogP contribution in [0.5, 0.6) is 0 Å². The zero-order valence-electron chi connectivity index (χ0n) is 17.3. The van der Waals surface area contributed by atoms with Gasteiger partial charge in [-0.25, -0.2) is 13.2 Å². The Kier molecular flexibility index (Phi) is 4.92. The van der Waals surface area contributed by atoms with E-state index in [1.54, 1.807) is 13.8 Å². The third-order valence-electron chi connectivity index (χ3n) is 8.94. The fourth-order valence-corrected chi connectivity index (χ4v) is 8.01. The van der Waals surface area contributed by atoms with Crippen LogP contribution in [0.4, 0.5) is 13.2 Å². The molecule has 30 heavy (non-hydrogen) atoms. The number of carbonyl (C=O) groups excluding carboxylic acids is 1. The minimum atomic E-state index is -2.01. The van der Waals surface area contributed by atoms with Crippen molar-refractivity contribution in [2.24, 2.45) is 28.6 Å². The van der Waals surface area contributed by atoms with Gasteiger partial charge in [0, 0.05) is 17.4 Å². The fraction of sp³-hybridized carbons (Fsp3) is 0.727. The number of hydrogen-bond donors (Lipinski definition) is 4. The number of allylic oxidation sites excluding steroid dienone is 3. The predicted molar refractivity (Wildman–Crippen MR) is 111 cm³/mol. The van der Waals surface area contributed by atoms with E-state index in [1.807, 2.05) is 0 Å². The van der Waals surface area contributed by atoms with Gasteiger partial charge in [-0.05, 0) is 56.1 Å². The highest BCUT2D eigenvalue weighted by Gasteiger charge is 2.74. The van der Waals surface area contributed by atoms with E-state index in [4.69, 9.17) is 0 Å². The molecule has 4 aliphatic carbocycles. The maximum atomic E-state index is 16.9. The van der Waals surface area contributed by atoms with Crippen LogP contribution in [0.15, 0.2) is 23.5 Å². The molecule has 8 atom stereocenters. The molecule has 0 aromatic heterocycles. The summed E-state index contributed by atoms with van der Waals surface area (Å²) in [5.41, 5.74) is -6.35. The van der Waals surface area contributed by atoms with Gasteiger partial charge < -0.3 is 15.3 Å². The standard InChI is InChI=1S/C22H29F3O4S/c1-11-6-13-14-9-16(24)15-7-12(26)8-17(27)20(15,3)21(14,25)5-4-19(13,2)22(11,29)18(28)30-10-23/h7-8,11,13-14,16,27-30H,4-6,9-10H2,1-3H3/t11-,13+,14+,16+,19+,20-,21-,22+/m1/s1. The van der Waals surface area contributed by atoms with E-state index in [-0.39, 0.29) is 41.2 Å². The first-order valence-electron chi connectivity index (χ1n) is 10.4. The number of thiol groups is 1. The number of carbonyl (C=O) groups is 1. The highest BCUT2D eigenvalue weighted by molar-refractivity contribution is 7.98. The lowest BCUT2D eigenvalue weighted by Gasteiger charge is -2.61. The maximum Gasteiger partial charge on any atom is 0.182 e. The van der Waals surface area contributed by atoms with Gasteiger partial charge in [-0.2, -0.15) is 0 Å². The second-order valence-electron chi connectivity index (χ2n) is 9.86. The summed E-state index contributed by atoms with van der Waals surface area (Å²) in [5.74, 6) is -2.79. The van der Waals surface area contributed by atoms with Crippen molar-refractivity contribution in [2.45, 2.75) is 63.9 Å². The molecule has 4 nitrogen and oxygen atoms in total. The average molecular weight is 447 g/mol. The molecule has 3 N–H and O–H groups in total. The summed E-state index contributed by atoms with van der Waals surface area (Å²) in [7, 11) is 0. The van der Waals surface area contributed by atoms with E-state index in [1.165, 1.54) is 6.92 Å². The molecule has 4 rings (SSSR count). The van der Waals surface area contributed by atoms with Crippen molar-refractivity contribution in [2.75, 3.05) is 6.01 Å². The first-order chi connectivity index (χ1) is 13.9. The van der Waals surface area contributed by atoms with Crippen LogP contribution in [0.25, 0.3) is 0 Å². The Morgan fingerprint density at radius 2 is 1.90 bits per heavy atom. The van der Waals surface area contributed by atoms with Gasteiger partial charge in [-0.3, -0.25) is 4.79 Å². The van der Waals surface area contributed by atoms with Crippen LogP contribution in [0.1, 0.15) is 46.5 Å². The van der Waals surface area contributed by atoms with Crippen molar-refractivity contribution in [1.29, 1.82) is 0 Å². The molecule has 3 fully saturated rings. The monoisotopic (exact) mass is 446 g/mol. The van der Waals surface area contributed by atoms with Crippen molar-refractivity contribution in [3.8, 4) is 0 Å². The Hall–Kier alpha value is -1.12. The molecule has 0 radical (unpaired) electrons. The van der Waals surface area contributed by atoms with Gasteiger partial charge in [0.05, 0.1) is 5.41 Å². The summed E-state index contributed by atoms with van der Waals surface area (Å²) in [6.07, 6.45) is 0.745. The SMILES string of the molecule is C[C@@H]1C[C@H]2[C@@H]3C[C@H](F)C4=CC(=O)C=C(O)[C@]4(C)[C@@]3(F)CC[C@]2(C)[C@@]1(O)C(O)=[SH]CF. The minimum absolute atomic E-state index is 0.0219. The Morgan fingerprint density at radius 3 is 2.53 bits per heavy atom. The molecule has 168 valence electrons. The van der Waals surface area contributed by atoms with Crippen LogP contribution >= 0.6 is 11.4 Å². The molecular weight excluding hydrogens is 417 g/mol. The highest BCUT2D eigenvalue weighted by atomic mass is 32.1. The van der Waals surface area contributed by atoms with Crippen molar-refractivity contribution >= 4 is 22.2 Å². The van der Waals surface area contributed by atoms with E-state index in [9.17, 15) is 24.5 Å². The van der Waals surface area contributed by atoms with Gasteiger partial charge >= 0.3 is 0 Å². The first kappa shape index (κ1) is 22.1. The number of ketones is 1. The summed E-state index contributed by atoms with van der Waals surface area (Å²) >= 11 is -0.0219. The van der Waals surface area contributed by atoms with E-state index < -0.39 is 63.6 Å². The second kappa shape index (κ2) is 6.69. The van der Waals surface area contributed by atoms with Crippen molar-refractivity contribution in [3.05, 3.63) is 23.5 Å². The molecule has 0 aromatic rings. The number of aliphatic hydroxyl groups excluding tert-OH is 2. The highest BCUT2D eigenvalue weighted by Crippen LogP contribution is 2.71. The lowest BCUT2D eigenvalue weighted by atomic mass is 9.45. The van der Waals surface area contributed by atoms with Crippen LogP contribution in [0.2, 0.25) is 0 Å². The van der Waals surface area contributed by atoms with Crippen molar-refractivity contribution in [1.82, 2.24) is 0 Å². The zero-order chi connectivity index (χ0) is 22.3. The number of rotatable bonds is 2. The van der Waals surface area contributed by atoms with Gasteiger partial charge in [0.2, 0.25) is 0 Å². The summed E-state index contributed by atoms with van der Waals surface area (Å²) in [4.78, 5) is 11.9. The molecule has 0 heterocycles. The van der Waals surface area contributed by atoms with Crippen molar-refractivity contribution < 1.29 is 33.3 Å². The molecule has 0 saturated heterocycles. The van der Waals surface area contributed by atoms with Crippen LogP contribution in [0, 0.1) is 28.6 Å². The molecule has 0 bridgehead atoms. The van der Waals surface area contributed by atoms with E-state index in [2.05, 4.69) is 0 Å². The minimum Gasteiger partial charge on any atom is -0.511 e. The molecule has 0 aromatic carbocycles. The predicted octanol–water partition coefficient (Wildman–Crippen LogP) is 4.28. The molecule has 0 spiro atoms. The van der Waals surface area contributed by atoms with Gasteiger partial charge in [0.15, 0.2) is 5.78 Å². The summed E-state index contributed by atoms with van der Waals surface area (Å²) in [6, 6.07) is -0.844. The molecule has 8 heteroatoms. The topological polar surface area (TPSA) is 77.8 Å². The van der Waals surface area contributed by atoms with Crippen LogP contribution in [0.3, 0.4) is 0 Å². The Labute approximate surface area is 177 Å². The normalized spacial score (nSPS) is 51.2. The quantitative estimate of drug-likeness (QED) is 0.377. The largest absolute Gasteiger partial charge is 0.511 e. The average Bonchev–Trinajstić information content (AvgIpc) is 2.88. The third-order valence-corrected chi connectivity index (χ3v) is 9.70. The number of fused-ring (bicyclic) bond motifs is 5. The maximum absolute atomic E-state index is 16.9. The molecular formula is C22H29F3O4S. The van der Waals surface area contributed by atoms with Gasteiger partial charge in [0.25, 0.3) is 0 Å². The number of alkyl halides is 3. The Morgan fingerprint density at radius 1 is 1.23 bits per heavy atom. The van der Waals surface area contributed by atoms with Gasteiger partial charge in [0.1, 0.15) is 34.3 Å². The van der Waals surface area contributed by atoms with Crippen molar-refractivity contribution in [3.63, 3.8) is 0 Å². The zero-order valence-corrected chi connectivity index (χ0v) is 18.2. The lowest BCUT2D eigenvalue weighted by molar-refractivity contribution is -0.167. The first-order valence-corrected chi connectivity index (χ1v) is 11.5. The fourth-order valence-electron chi connectivity index (χ4n) is 7.18. The molecule has 0 aliphatic heterocycles. The smallest absolute Gasteiger partial charge is 0.182 e. The molecule has 3 saturated carbocycles. The number of aliphatic hydroxyl groups is 3. The van der Waals surface area contributed by atoms with Gasteiger partial charge in [-0.1, -0.05) is 13.8 Å². The van der Waals surface area contributed by atoms with Crippen LogP contribution in [-0.4, -0.2) is 49.6 Å². The Balaban J connectivity index is 1.84. The Bertz CT molecular complexity index is 888. The van der Waals surface area contributed by atoms with E-state index >= 15 is 8.78 Å². The van der Waals surface area contributed by atoms with Gasteiger partial charge in [-0.15, -0.1) is 11.4 Å². The molecule has 0 amide bonds. The number of hydrogen-bond acceptors (Lipinski definition) is 3. The second-order valence-corrected chi connectivity index (χ2v) is 10.8. The summed E-state index contributed by atoms with van der Waals surface area (Å²) in [5, 5.41) is 32.4. The number of halogens is 3. The lowest BCUT2D eigenvalue weighted by Crippen LogP contribution is -2.65. The van der Waals surface area contributed by atoms with E-state index in [0.717, 1.165) is 12.2 Å². The summed E-state index contributed by atoms with van der Waals surface area (Å²) < 4.78 is 45.2.